The van der Waals surface area contributed by atoms with E-state index in [4.69, 9.17) is 0 Å². The van der Waals surface area contributed by atoms with Gasteiger partial charge in [-0.2, -0.15) is 0 Å². The molecule has 0 aromatic heterocycles. The second kappa shape index (κ2) is 12.1. The Morgan fingerprint density at radius 1 is 0.853 bits per heavy atom. The fourth-order valence-electron chi connectivity index (χ4n) is 6.63. The van der Waals surface area contributed by atoms with Crippen molar-refractivity contribution in [3.05, 3.63) is 82.9 Å². The van der Waals surface area contributed by atoms with E-state index >= 15 is 8.78 Å². The van der Waals surface area contributed by atoms with Gasteiger partial charge in [0.25, 0.3) is 0 Å². The van der Waals surface area contributed by atoms with Crippen molar-refractivity contribution >= 4 is 0 Å². The number of rotatable bonds is 8. The minimum absolute atomic E-state index is 0.0877. The largest absolute Gasteiger partial charge is 0.207 e. The summed E-state index contributed by atoms with van der Waals surface area (Å²) in [6.45, 7) is 4.15. The first-order chi connectivity index (χ1) is 16.5. The summed E-state index contributed by atoms with van der Waals surface area (Å²) in [4.78, 5) is 0. The maximum absolute atomic E-state index is 15.0. The summed E-state index contributed by atoms with van der Waals surface area (Å²) in [7, 11) is 0. The molecule has 0 saturated heterocycles. The molecule has 0 nitrogen and oxygen atoms in total. The van der Waals surface area contributed by atoms with Crippen LogP contribution >= 0.6 is 0 Å². The van der Waals surface area contributed by atoms with Crippen LogP contribution in [-0.4, -0.2) is 0 Å². The lowest BCUT2D eigenvalue weighted by Gasteiger charge is -2.38. The molecular weight excluding hydrogens is 422 g/mol. The maximum atomic E-state index is 15.0. The Balaban J connectivity index is 1.30. The molecule has 0 spiro atoms. The van der Waals surface area contributed by atoms with Crippen molar-refractivity contribution in [2.45, 2.75) is 96.3 Å². The van der Waals surface area contributed by atoms with Gasteiger partial charge in [0.15, 0.2) is 0 Å². The zero-order chi connectivity index (χ0) is 23.9. The van der Waals surface area contributed by atoms with E-state index in [1.54, 1.807) is 12.1 Å². The van der Waals surface area contributed by atoms with Gasteiger partial charge in [-0.25, -0.2) is 8.78 Å². The van der Waals surface area contributed by atoms with E-state index in [-0.39, 0.29) is 23.1 Å². The van der Waals surface area contributed by atoms with E-state index in [9.17, 15) is 0 Å². The number of hydrogen-bond acceptors (Lipinski definition) is 0. The lowest BCUT2D eigenvalue weighted by molar-refractivity contribution is 0.157. The Labute approximate surface area is 205 Å². The number of allylic oxidation sites excluding steroid dienone is 2. The van der Waals surface area contributed by atoms with Gasteiger partial charge in [0.05, 0.1) is 0 Å². The first-order valence-electron chi connectivity index (χ1n) is 13.7. The smallest absolute Gasteiger partial charge is 0.129 e. The molecule has 2 saturated carbocycles. The molecule has 2 aromatic carbocycles. The summed E-state index contributed by atoms with van der Waals surface area (Å²) in [5, 5.41) is 0. The molecule has 2 fully saturated rings. The molecule has 34 heavy (non-hydrogen) atoms. The van der Waals surface area contributed by atoms with Gasteiger partial charge in [-0.3, -0.25) is 0 Å². The normalized spacial score (nSPS) is 26.6. The molecule has 2 aliphatic carbocycles. The van der Waals surface area contributed by atoms with Crippen LogP contribution in [0.3, 0.4) is 0 Å². The van der Waals surface area contributed by atoms with Crippen LogP contribution in [0.2, 0.25) is 0 Å². The van der Waals surface area contributed by atoms with E-state index in [1.807, 2.05) is 37.3 Å². The molecule has 184 valence electrons. The Kier molecular flexibility index (Phi) is 8.98. The van der Waals surface area contributed by atoms with E-state index in [1.165, 1.54) is 51.4 Å². The van der Waals surface area contributed by atoms with Gasteiger partial charge in [-0.15, -0.1) is 0 Å². The van der Waals surface area contributed by atoms with Crippen LogP contribution in [0.25, 0.3) is 0 Å². The molecule has 0 radical (unpaired) electrons. The summed E-state index contributed by atoms with van der Waals surface area (Å²) in [5.74, 6) is 2.26. The van der Waals surface area contributed by atoms with E-state index in [0.717, 1.165) is 41.7 Å². The van der Waals surface area contributed by atoms with Gasteiger partial charge in [-0.1, -0.05) is 62.2 Å². The van der Waals surface area contributed by atoms with Crippen LogP contribution in [0.1, 0.15) is 107 Å². The average molecular weight is 465 g/mol. The quantitative estimate of drug-likeness (QED) is 0.341. The van der Waals surface area contributed by atoms with Crippen LogP contribution in [-0.2, 0) is 6.42 Å². The van der Waals surface area contributed by atoms with Crippen LogP contribution in [0.4, 0.5) is 8.78 Å². The summed E-state index contributed by atoms with van der Waals surface area (Å²) >= 11 is 0. The van der Waals surface area contributed by atoms with E-state index in [2.05, 4.69) is 19.1 Å². The van der Waals surface area contributed by atoms with Crippen molar-refractivity contribution in [1.29, 1.82) is 0 Å². The second-order valence-corrected chi connectivity index (χ2v) is 11.0. The fourth-order valence-corrected chi connectivity index (χ4v) is 6.63. The second-order valence-electron chi connectivity index (χ2n) is 11.0. The topological polar surface area (TPSA) is 0 Å². The van der Waals surface area contributed by atoms with Crippen molar-refractivity contribution in [3.8, 4) is 0 Å². The Morgan fingerprint density at radius 3 is 2.03 bits per heavy atom. The van der Waals surface area contributed by atoms with Gasteiger partial charge in [-0.05, 0) is 118 Å². The monoisotopic (exact) mass is 464 g/mol. The van der Waals surface area contributed by atoms with Gasteiger partial charge in [0.1, 0.15) is 11.6 Å². The van der Waals surface area contributed by atoms with Gasteiger partial charge < -0.3 is 0 Å². The van der Waals surface area contributed by atoms with Crippen molar-refractivity contribution in [1.82, 2.24) is 0 Å². The van der Waals surface area contributed by atoms with Gasteiger partial charge in [0.2, 0.25) is 0 Å². The van der Waals surface area contributed by atoms with Crippen LogP contribution in [0, 0.1) is 29.4 Å². The molecule has 2 heteroatoms. The highest BCUT2D eigenvalue weighted by molar-refractivity contribution is 5.31. The maximum Gasteiger partial charge on any atom is 0.129 e. The summed E-state index contributed by atoms with van der Waals surface area (Å²) in [6, 6.07) is 13.3. The zero-order valence-electron chi connectivity index (χ0n) is 21.1. The predicted octanol–water partition coefficient (Wildman–Crippen LogP) is 9.75. The highest BCUT2D eigenvalue weighted by atomic mass is 19.1. The van der Waals surface area contributed by atoms with Crippen LogP contribution in [0.15, 0.2) is 54.6 Å². The highest BCUT2D eigenvalue weighted by Crippen LogP contribution is 2.45. The third kappa shape index (κ3) is 6.37. The Hall–Kier alpha value is -1.96. The SMILES string of the molecule is CC=CCCC1CCC(C2CCC(c3cc(F)c(C[C@H](C)c4ccccc4)c(F)c3)CC2)CC1. The van der Waals surface area contributed by atoms with Crippen molar-refractivity contribution < 1.29 is 8.78 Å². The third-order valence-corrected chi connectivity index (χ3v) is 8.82. The average Bonchev–Trinajstić information content (AvgIpc) is 2.87. The first kappa shape index (κ1) is 25.1. The number of halogens is 2. The first-order valence-corrected chi connectivity index (χ1v) is 13.7. The Bertz CT molecular complexity index is 892. The molecule has 0 amide bonds. The third-order valence-electron chi connectivity index (χ3n) is 8.82. The number of benzene rings is 2. The zero-order valence-corrected chi connectivity index (χ0v) is 21.1. The van der Waals surface area contributed by atoms with Crippen molar-refractivity contribution in [2.75, 3.05) is 0 Å². The standard InChI is InChI=1S/C32H42F2/c1-3-4-6-9-24-12-14-26(15-13-24)27-16-18-28(19-17-27)29-21-31(33)30(32(34)22-29)20-23(2)25-10-7-5-8-11-25/h3-5,7-8,10-11,21-24,26-28H,6,9,12-20H2,1-2H3/t23-,24?,26?,27?,28?/m0/s1. The van der Waals surface area contributed by atoms with E-state index < -0.39 is 0 Å². The minimum atomic E-state index is -0.365. The van der Waals surface area contributed by atoms with Gasteiger partial charge >= 0.3 is 0 Å². The lowest BCUT2D eigenvalue weighted by atomic mass is 9.68. The molecule has 0 bridgehead atoms. The molecule has 0 N–H and O–H groups in total. The lowest BCUT2D eigenvalue weighted by Crippen LogP contribution is -2.25. The molecule has 2 aromatic rings. The molecule has 1 atom stereocenters. The molecular formula is C32H42F2. The van der Waals surface area contributed by atoms with Crippen LogP contribution in [0.5, 0.6) is 0 Å². The number of hydrogen-bond donors (Lipinski definition) is 0. The minimum Gasteiger partial charge on any atom is -0.207 e. The molecule has 0 aliphatic heterocycles. The molecule has 2 aliphatic rings. The molecule has 0 heterocycles. The summed E-state index contributed by atoms with van der Waals surface area (Å²) < 4.78 is 30.0. The fraction of sp³-hybridized carbons (Fsp3) is 0.562. The molecule has 0 unspecified atom stereocenters. The Morgan fingerprint density at radius 2 is 1.44 bits per heavy atom. The highest BCUT2D eigenvalue weighted by Gasteiger charge is 2.31. The van der Waals surface area contributed by atoms with Crippen LogP contribution < -0.4 is 0 Å². The summed E-state index contributed by atoms with van der Waals surface area (Å²) in [5.41, 5.74) is 2.23. The summed E-state index contributed by atoms with van der Waals surface area (Å²) in [6.07, 6.45) is 17.6. The molecule has 4 rings (SSSR count). The van der Waals surface area contributed by atoms with Gasteiger partial charge in [0, 0.05) is 5.56 Å². The van der Waals surface area contributed by atoms with E-state index in [0.29, 0.717) is 12.3 Å². The predicted molar refractivity (Wildman–Crippen MR) is 139 cm³/mol. The van der Waals surface area contributed by atoms with Crippen molar-refractivity contribution in [2.24, 2.45) is 17.8 Å². The van der Waals surface area contributed by atoms with Crippen molar-refractivity contribution in [3.63, 3.8) is 0 Å².